The van der Waals surface area contributed by atoms with Crippen molar-refractivity contribution in [1.82, 2.24) is 5.32 Å². The number of carbonyl (C=O) groups excluding carboxylic acids is 1. The van der Waals surface area contributed by atoms with Crippen LogP contribution in [-0.4, -0.2) is 42.0 Å². The van der Waals surface area contributed by atoms with E-state index >= 15 is 0 Å². The number of carbonyl (C=O) groups is 2. The van der Waals surface area contributed by atoms with E-state index in [1.165, 1.54) is 0 Å². The second-order valence-electron chi connectivity index (χ2n) is 5.80. The number of carboxylic acid groups (broad SMARTS) is 1. The summed E-state index contributed by atoms with van der Waals surface area (Å²) in [7, 11) is 0. The Morgan fingerprint density at radius 3 is 2.42 bits per heavy atom. The van der Waals surface area contributed by atoms with Crippen molar-refractivity contribution in [2.75, 3.05) is 13.2 Å². The Labute approximate surface area is 113 Å². The minimum atomic E-state index is -0.924. The van der Waals surface area contributed by atoms with Crippen LogP contribution in [0.1, 0.15) is 40.0 Å². The molecule has 1 heterocycles. The van der Waals surface area contributed by atoms with Crippen LogP contribution in [-0.2, 0) is 14.3 Å². The van der Waals surface area contributed by atoms with Crippen molar-refractivity contribution in [1.29, 1.82) is 0 Å². The zero-order chi connectivity index (χ0) is 14.5. The molecule has 1 atom stereocenters. The van der Waals surface area contributed by atoms with E-state index in [1.54, 1.807) is 20.8 Å². The molecule has 19 heavy (non-hydrogen) atoms. The molecule has 0 bridgehead atoms. The van der Waals surface area contributed by atoms with Crippen molar-refractivity contribution in [3.63, 3.8) is 0 Å². The van der Waals surface area contributed by atoms with Crippen molar-refractivity contribution in [3.8, 4) is 0 Å². The molecule has 1 rings (SSSR count). The van der Waals surface area contributed by atoms with Gasteiger partial charge in [-0.1, -0.05) is 0 Å². The lowest BCUT2D eigenvalue weighted by Gasteiger charge is -2.30. The molecule has 6 heteroatoms. The van der Waals surface area contributed by atoms with Crippen LogP contribution in [0.5, 0.6) is 0 Å². The Kier molecular flexibility index (Phi) is 5.60. The van der Waals surface area contributed by atoms with Crippen LogP contribution >= 0.6 is 0 Å². The van der Waals surface area contributed by atoms with Crippen molar-refractivity contribution in [2.45, 2.75) is 51.7 Å². The van der Waals surface area contributed by atoms with E-state index in [4.69, 9.17) is 14.6 Å². The third kappa shape index (κ3) is 6.42. The summed E-state index contributed by atoms with van der Waals surface area (Å²) in [6.07, 6.45) is 0.857. The van der Waals surface area contributed by atoms with Crippen LogP contribution in [0.15, 0.2) is 0 Å². The van der Waals surface area contributed by atoms with Gasteiger partial charge >= 0.3 is 12.1 Å². The monoisotopic (exact) mass is 273 g/mol. The number of nitrogens with one attached hydrogen (secondary N) is 1. The van der Waals surface area contributed by atoms with Crippen LogP contribution in [0, 0.1) is 5.92 Å². The number of alkyl carbamates (subject to hydrolysis) is 1. The van der Waals surface area contributed by atoms with Crippen LogP contribution in [0.4, 0.5) is 4.79 Å². The summed E-state index contributed by atoms with van der Waals surface area (Å²) in [6.45, 7) is 6.53. The molecule has 1 saturated heterocycles. The third-order valence-electron chi connectivity index (χ3n) is 2.93. The number of hydrogen-bond donors (Lipinski definition) is 2. The first-order valence-corrected chi connectivity index (χ1v) is 6.57. The predicted molar refractivity (Wildman–Crippen MR) is 69.0 cm³/mol. The number of carboxylic acids is 1. The minimum Gasteiger partial charge on any atom is -0.481 e. The number of ether oxygens (including phenoxy) is 2. The Morgan fingerprint density at radius 1 is 1.37 bits per heavy atom. The largest absolute Gasteiger partial charge is 0.481 e. The molecule has 1 amide bonds. The Bertz CT molecular complexity index is 317. The van der Waals surface area contributed by atoms with Gasteiger partial charge in [-0.15, -0.1) is 0 Å². The second-order valence-corrected chi connectivity index (χ2v) is 5.80. The lowest BCUT2D eigenvalue weighted by molar-refractivity contribution is -0.138. The fourth-order valence-corrected chi connectivity index (χ4v) is 2.10. The lowest BCUT2D eigenvalue weighted by Crippen LogP contribution is -2.45. The van der Waals surface area contributed by atoms with Crippen molar-refractivity contribution in [2.24, 2.45) is 5.92 Å². The second kappa shape index (κ2) is 6.75. The highest BCUT2D eigenvalue weighted by Gasteiger charge is 2.29. The molecule has 2 N–H and O–H groups in total. The van der Waals surface area contributed by atoms with E-state index < -0.39 is 23.7 Å². The summed E-state index contributed by atoms with van der Waals surface area (Å²) in [5, 5.41) is 11.6. The van der Waals surface area contributed by atoms with E-state index in [0.717, 1.165) is 12.8 Å². The molecule has 1 unspecified atom stereocenters. The summed E-state index contributed by atoms with van der Waals surface area (Å²) >= 11 is 0. The molecule has 110 valence electrons. The van der Waals surface area contributed by atoms with E-state index in [-0.39, 0.29) is 12.3 Å². The molecule has 0 spiro atoms. The zero-order valence-electron chi connectivity index (χ0n) is 11.8. The summed E-state index contributed by atoms with van der Waals surface area (Å²) in [5.74, 6) is -0.801. The first kappa shape index (κ1) is 15.8. The van der Waals surface area contributed by atoms with Gasteiger partial charge in [0.1, 0.15) is 5.60 Å². The standard InChI is InChI=1S/C13H23NO5/c1-13(2,3)19-12(17)14-10(8-11(15)16)9-4-6-18-7-5-9/h9-10H,4-8H2,1-3H3,(H,14,17)(H,15,16). The van der Waals surface area contributed by atoms with Gasteiger partial charge in [0.05, 0.1) is 6.42 Å². The maximum atomic E-state index is 11.7. The molecule has 0 aromatic carbocycles. The highest BCUT2D eigenvalue weighted by atomic mass is 16.6. The highest BCUT2D eigenvalue weighted by molar-refractivity contribution is 5.71. The number of hydrogen-bond acceptors (Lipinski definition) is 4. The predicted octanol–water partition coefficient (Wildman–Crippen LogP) is 1.78. The zero-order valence-corrected chi connectivity index (χ0v) is 11.8. The minimum absolute atomic E-state index is 0.0933. The summed E-state index contributed by atoms with van der Waals surface area (Å²) < 4.78 is 10.4. The van der Waals surface area contributed by atoms with Crippen LogP contribution in [0.3, 0.4) is 0 Å². The Morgan fingerprint density at radius 2 is 1.95 bits per heavy atom. The highest BCUT2D eigenvalue weighted by Crippen LogP contribution is 2.21. The fraction of sp³-hybridized carbons (Fsp3) is 0.846. The van der Waals surface area contributed by atoms with Gasteiger partial charge in [0.25, 0.3) is 0 Å². The van der Waals surface area contributed by atoms with Gasteiger partial charge in [-0.25, -0.2) is 4.79 Å². The fourth-order valence-electron chi connectivity index (χ4n) is 2.10. The molecule has 1 aliphatic heterocycles. The van der Waals surface area contributed by atoms with E-state index in [9.17, 15) is 9.59 Å². The van der Waals surface area contributed by atoms with Gasteiger partial charge in [-0.3, -0.25) is 4.79 Å². The average Bonchev–Trinajstić information content (AvgIpc) is 2.26. The molecule has 6 nitrogen and oxygen atoms in total. The number of amides is 1. The van der Waals surface area contributed by atoms with Gasteiger partial charge in [0.2, 0.25) is 0 Å². The topological polar surface area (TPSA) is 84.9 Å². The first-order chi connectivity index (χ1) is 8.78. The van der Waals surface area contributed by atoms with E-state index in [0.29, 0.717) is 13.2 Å². The number of rotatable bonds is 4. The molecule has 0 saturated carbocycles. The van der Waals surface area contributed by atoms with Crippen molar-refractivity contribution < 1.29 is 24.2 Å². The van der Waals surface area contributed by atoms with Gasteiger partial charge in [-0.05, 0) is 39.5 Å². The molecule has 0 aromatic rings. The molecule has 1 fully saturated rings. The smallest absolute Gasteiger partial charge is 0.407 e. The van der Waals surface area contributed by atoms with Crippen LogP contribution in [0.25, 0.3) is 0 Å². The van der Waals surface area contributed by atoms with Gasteiger partial charge in [0.15, 0.2) is 0 Å². The molecule has 1 aliphatic rings. The normalized spacial score (nSPS) is 18.7. The van der Waals surface area contributed by atoms with E-state index in [1.807, 2.05) is 0 Å². The van der Waals surface area contributed by atoms with Crippen molar-refractivity contribution >= 4 is 12.1 Å². The van der Waals surface area contributed by atoms with Crippen molar-refractivity contribution in [3.05, 3.63) is 0 Å². The first-order valence-electron chi connectivity index (χ1n) is 6.57. The number of aliphatic carboxylic acids is 1. The Hall–Kier alpha value is -1.30. The molecular formula is C13H23NO5. The maximum Gasteiger partial charge on any atom is 0.407 e. The lowest BCUT2D eigenvalue weighted by atomic mass is 9.90. The molecule has 0 aliphatic carbocycles. The SMILES string of the molecule is CC(C)(C)OC(=O)NC(CC(=O)O)C1CCOCC1. The molecule has 0 aromatic heterocycles. The molecule has 0 radical (unpaired) electrons. The quantitative estimate of drug-likeness (QED) is 0.815. The third-order valence-corrected chi connectivity index (χ3v) is 2.93. The van der Waals surface area contributed by atoms with Gasteiger partial charge in [-0.2, -0.15) is 0 Å². The average molecular weight is 273 g/mol. The Balaban J connectivity index is 2.58. The van der Waals surface area contributed by atoms with E-state index in [2.05, 4.69) is 5.32 Å². The van der Waals surface area contributed by atoms with Gasteiger partial charge in [0, 0.05) is 19.3 Å². The summed E-state index contributed by atoms with van der Waals surface area (Å²) in [5.41, 5.74) is -0.590. The van der Waals surface area contributed by atoms with Crippen LogP contribution in [0.2, 0.25) is 0 Å². The summed E-state index contributed by atoms with van der Waals surface area (Å²) in [4.78, 5) is 22.6. The summed E-state index contributed by atoms with van der Waals surface area (Å²) in [6, 6.07) is -0.406. The maximum absolute atomic E-state index is 11.7. The molecular weight excluding hydrogens is 250 g/mol. The van der Waals surface area contributed by atoms with Gasteiger partial charge < -0.3 is 19.9 Å². The van der Waals surface area contributed by atoms with Crippen LogP contribution < -0.4 is 5.32 Å².